The van der Waals surface area contributed by atoms with Crippen LogP contribution in [0.25, 0.3) is 0 Å². The third-order valence-corrected chi connectivity index (χ3v) is 3.02. The second-order valence-corrected chi connectivity index (χ2v) is 5.27. The molecule has 8 heteroatoms. The molecule has 0 aliphatic heterocycles. The van der Waals surface area contributed by atoms with Crippen LogP contribution in [-0.4, -0.2) is 27.2 Å². The number of carboxylic acid groups (broad SMARTS) is 1. The third-order valence-electron chi connectivity index (χ3n) is 2.72. The first-order chi connectivity index (χ1) is 10.7. The Balaban J connectivity index is 2.14. The maximum atomic E-state index is 10.8. The van der Waals surface area contributed by atoms with E-state index in [4.69, 9.17) is 16.7 Å². The number of nitrogens with one attached hydrogen (secondary N) is 1. The van der Waals surface area contributed by atoms with Gasteiger partial charge in [0.25, 0.3) is 0 Å². The van der Waals surface area contributed by atoms with Crippen molar-refractivity contribution in [3.05, 3.63) is 53.1 Å². The van der Waals surface area contributed by atoms with E-state index in [1.807, 2.05) is 0 Å². The van der Waals surface area contributed by atoms with Gasteiger partial charge in [-0.1, -0.05) is 11.6 Å². The number of carboxylic acids is 1. The Labute approximate surface area is 136 Å². The quantitative estimate of drug-likeness (QED) is 0.493. The van der Waals surface area contributed by atoms with Crippen molar-refractivity contribution in [1.82, 2.24) is 0 Å². The van der Waals surface area contributed by atoms with Crippen LogP contribution >= 0.6 is 11.6 Å². The monoisotopic (exact) mass is 335 g/mol. The van der Waals surface area contributed by atoms with Crippen LogP contribution in [0.2, 0.25) is 5.02 Å². The van der Waals surface area contributed by atoms with Crippen LogP contribution in [0, 0.1) is 0 Å². The number of rotatable bonds is 5. The number of carbonyl (C=O) groups is 1. The Kier molecular flexibility index (Phi) is 4.95. The number of hydrogen-bond donors (Lipinski definition) is 4. The first-order valence-corrected chi connectivity index (χ1v) is 6.90. The van der Waals surface area contributed by atoms with Crippen LogP contribution in [0.4, 0.5) is 17.1 Å². The van der Waals surface area contributed by atoms with E-state index in [0.717, 1.165) is 0 Å². The van der Waals surface area contributed by atoms with Crippen molar-refractivity contribution < 1.29 is 20.1 Å². The van der Waals surface area contributed by atoms with Gasteiger partial charge in [0.1, 0.15) is 5.69 Å². The van der Waals surface area contributed by atoms with Crippen LogP contribution in [-0.2, 0) is 0 Å². The van der Waals surface area contributed by atoms with Gasteiger partial charge < -0.3 is 20.6 Å². The molecular formula is C15H14ClN3O4. The van der Waals surface area contributed by atoms with Gasteiger partial charge in [0.05, 0.1) is 16.3 Å². The van der Waals surface area contributed by atoms with E-state index in [2.05, 4.69) is 15.5 Å². The molecule has 0 aliphatic carbocycles. The first-order valence-electron chi connectivity index (χ1n) is 6.52. The molecule has 0 aromatic heterocycles. The number of hydrogen-bond acceptors (Lipinski definition) is 6. The number of benzene rings is 2. The van der Waals surface area contributed by atoms with Gasteiger partial charge in [-0.15, -0.1) is 5.11 Å². The minimum absolute atomic E-state index is 0.161. The summed E-state index contributed by atoms with van der Waals surface area (Å²) in [5.74, 6) is -3.07. The van der Waals surface area contributed by atoms with Gasteiger partial charge in [0.2, 0.25) is 5.91 Å². The summed E-state index contributed by atoms with van der Waals surface area (Å²) in [5.41, 5.74) is 1.43. The summed E-state index contributed by atoms with van der Waals surface area (Å²) in [6.45, 7) is 1.18. The van der Waals surface area contributed by atoms with Crippen molar-refractivity contribution >= 4 is 34.6 Å². The molecule has 120 valence electrons. The smallest absolute Gasteiger partial charge is 0.335 e. The highest BCUT2D eigenvalue weighted by atomic mass is 35.5. The molecule has 0 unspecified atom stereocenters. The minimum Gasteiger partial charge on any atom is -0.478 e. The fourth-order valence-corrected chi connectivity index (χ4v) is 1.94. The molecule has 0 saturated carbocycles. The second-order valence-electron chi connectivity index (χ2n) is 4.86. The highest BCUT2D eigenvalue weighted by Crippen LogP contribution is 2.30. The highest BCUT2D eigenvalue weighted by Gasteiger charge is 2.14. The fraction of sp³-hybridized carbons (Fsp3) is 0.133. The molecule has 2 aromatic rings. The minimum atomic E-state index is -2.06. The summed E-state index contributed by atoms with van der Waals surface area (Å²) in [6.07, 6.45) is 0. The zero-order chi connectivity index (χ0) is 17.0. The van der Waals surface area contributed by atoms with Crippen LogP contribution in [0.1, 0.15) is 17.3 Å². The molecule has 23 heavy (non-hydrogen) atoms. The maximum Gasteiger partial charge on any atom is 0.335 e. The molecular weight excluding hydrogens is 322 g/mol. The molecule has 7 nitrogen and oxygen atoms in total. The van der Waals surface area contributed by atoms with Crippen LogP contribution in [0.3, 0.4) is 0 Å². The van der Waals surface area contributed by atoms with E-state index in [1.54, 1.807) is 12.1 Å². The lowest BCUT2D eigenvalue weighted by Gasteiger charge is -2.19. The SMILES string of the molecule is CC(O)(O)Nc1ccc(/N=N/c2ccc(C(=O)O)cc2)c(Cl)c1. The Hall–Kier alpha value is -2.48. The van der Waals surface area contributed by atoms with Gasteiger partial charge in [0, 0.05) is 12.6 Å². The van der Waals surface area contributed by atoms with Gasteiger partial charge in [-0.25, -0.2) is 4.79 Å². The van der Waals surface area contributed by atoms with Crippen LogP contribution in [0.5, 0.6) is 0 Å². The molecule has 2 aromatic carbocycles. The Morgan fingerprint density at radius 2 is 1.78 bits per heavy atom. The molecule has 0 aliphatic rings. The molecule has 0 fully saturated rings. The van der Waals surface area contributed by atoms with E-state index in [1.165, 1.54) is 37.3 Å². The summed E-state index contributed by atoms with van der Waals surface area (Å²) >= 11 is 6.06. The number of aliphatic hydroxyl groups is 2. The molecule has 4 N–H and O–H groups in total. The number of nitrogens with zero attached hydrogens (tertiary/aromatic N) is 2. The van der Waals surface area contributed by atoms with E-state index in [0.29, 0.717) is 17.1 Å². The Morgan fingerprint density at radius 1 is 1.13 bits per heavy atom. The summed E-state index contributed by atoms with van der Waals surface area (Å²) < 4.78 is 0. The van der Waals surface area contributed by atoms with E-state index < -0.39 is 11.9 Å². The van der Waals surface area contributed by atoms with Crippen molar-refractivity contribution in [3.8, 4) is 0 Å². The Morgan fingerprint density at radius 3 is 2.30 bits per heavy atom. The molecule has 0 atom stereocenters. The van der Waals surface area contributed by atoms with E-state index >= 15 is 0 Å². The van der Waals surface area contributed by atoms with E-state index in [9.17, 15) is 15.0 Å². The number of azo groups is 1. The van der Waals surface area contributed by atoms with Crippen molar-refractivity contribution in [3.63, 3.8) is 0 Å². The number of anilines is 1. The third kappa shape index (κ3) is 5.03. The largest absolute Gasteiger partial charge is 0.478 e. The topological polar surface area (TPSA) is 115 Å². The summed E-state index contributed by atoms with van der Waals surface area (Å²) in [7, 11) is 0. The lowest BCUT2D eigenvalue weighted by atomic mass is 10.2. The van der Waals surface area contributed by atoms with Gasteiger partial charge in [-0.3, -0.25) is 0 Å². The molecule has 0 spiro atoms. The van der Waals surface area contributed by atoms with Crippen LogP contribution in [0.15, 0.2) is 52.7 Å². The molecule has 0 bridgehead atoms. The van der Waals surface area contributed by atoms with Gasteiger partial charge in [0.15, 0.2) is 0 Å². The summed E-state index contributed by atoms with van der Waals surface area (Å²) in [4.78, 5) is 10.8. The highest BCUT2D eigenvalue weighted by molar-refractivity contribution is 6.33. The average molecular weight is 336 g/mol. The summed E-state index contributed by atoms with van der Waals surface area (Å²) in [5, 5.41) is 38.0. The summed E-state index contributed by atoms with van der Waals surface area (Å²) in [6, 6.07) is 10.5. The normalized spacial score (nSPS) is 11.7. The lowest BCUT2D eigenvalue weighted by molar-refractivity contribution is -0.118. The molecule has 0 saturated heterocycles. The second kappa shape index (κ2) is 6.74. The van der Waals surface area contributed by atoms with Crippen LogP contribution < -0.4 is 5.32 Å². The van der Waals surface area contributed by atoms with Crippen molar-refractivity contribution in [2.45, 2.75) is 12.8 Å². The van der Waals surface area contributed by atoms with Gasteiger partial charge >= 0.3 is 5.97 Å². The first kappa shape index (κ1) is 16.9. The number of aromatic carboxylic acids is 1. The van der Waals surface area contributed by atoms with Gasteiger partial charge in [-0.05, 0) is 42.5 Å². The predicted molar refractivity (Wildman–Crippen MR) is 85.5 cm³/mol. The zero-order valence-corrected chi connectivity index (χ0v) is 12.8. The molecule has 2 rings (SSSR count). The van der Waals surface area contributed by atoms with Crippen molar-refractivity contribution in [1.29, 1.82) is 0 Å². The van der Waals surface area contributed by atoms with Gasteiger partial charge in [-0.2, -0.15) is 5.11 Å². The maximum absolute atomic E-state index is 10.8. The molecule has 0 heterocycles. The molecule has 0 amide bonds. The fourth-order valence-electron chi connectivity index (χ4n) is 1.72. The lowest BCUT2D eigenvalue weighted by Crippen LogP contribution is -2.33. The molecule has 0 radical (unpaired) electrons. The standard InChI is InChI=1S/C15H14ClN3O4/c1-15(22,23)17-11-6-7-13(12(16)8-11)19-18-10-4-2-9(3-5-10)14(20)21/h2-8,17,22-23H,1H3,(H,20,21)/b19-18+. The average Bonchev–Trinajstić information content (AvgIpc) is 2.45. The van der Waals surface area contributed by atoms with Crippen molar-refractivity contribution in [2.75, 3.05) is 5.32 Å². The van der Waals surface area contributed by atoms with Crippen molar-refractivity contribution in [2.24, 2.45) is 10.2 Å². The Bertz CT molecular complexity index is 739. The zero-order valence-electron chi connectivity index (χ0n) is 12.1. The predicted octanol–water partition coefficient (Wildman–Crippen LogP) is 3.52. The number of halogens is 1. The van der Waals surface area contributed by atoms with E-state index in [-0.39, 0.29) is 10.6 Å².